The largest absolute Gasteiger partial charge is 0.356 e. The molecule has 3 amide bonds. The van der Waals surface area contributed by atoms with E-state index in [2.05, 4.69) is 25.8 Å². The van der Waals surface area contributed by atoms with Crippen LogP contribution in [0.25, 0.3) is 0 Å². The van der Waals surface area contributed by atoms with Crippen molar-refractivity contribution in [2.75, 3.05) is 63.2 Å². The van der Waals surface area contributed by atoms with Crippen LogP contribution in [0.3, 0.4) is 0 Å². The highest BCUT2D eigenvalue weighted by Crippen LogP contribution is 2.24. The van der Waals surface area contributed by atoms with Crippen LogP contribution in [0, 0.1) is 6.92 Å². The molecule has 28 heavy (non-hydrogen) atoms. The third-order valence-corrected chi connectivity index (χ3v) is 6.04. The Bertz CT molecular complexity index is 757. The number of hydrogen-bond acceptors (Lipinski definition) is 7. The second-order valence-electron chi connectivity index (χ2n) is 7.92. The van der Waals surface area contributed by atoms with Gasteiger partial charge in [-0.1, -0.05) is 0 Å². The molecule has 3 aliphatic heterocycles. The molecule has 3 saturated heterocycles. The molecule has 1 unspecified atom stereocenters. The number of anilines is 2. The van der Waals surface area contributed by atoms with E-state index in [1.165, 1.54) is 17.7 Å². The lowest BCUT2D eigenvalue weighted by Crippen LogP contribution is -2.62. The van der Waals surface area contributed by atoms with Crippen molar-refractivity contribution in [3.63, 3.8) is 0 Å². The van der Waals surface area contributed by atoms with Crippen LogP contribution >= 0.6 is 0 Å². The minimum absolute atomic E-state index is 0.118. The number of carbonyl (C=O) groups excluding carboxylic acids is 2. The molecule has 0 saturated carbocycles. The van der Waals surface area contributed by atoms with Gasteiger partial charge in [-0.05, 0) is 19.8 Å². The van der Waals surface area contributed by atoms with Gasteiger partial charge in [0.05, 0.1) is 12.6 Å². The van der Waals surface area contributed by atoms with E-state index in [4.69, 9.17) is 4.98 Å². The standard InChI is InChI=1S/C19H29N7O2/c1-14-12-15(24-6-4-5-7-24)21-18(20-14)26-10-8-25(9-11-26)16-13-17(27)23(3)19(28)22(16)2/h12,16H,4-11,13H2,1-3H3. The summed E-state index contributed by atoms with van der Waals surface area (Å²) in [5.74, 6) is 1.69. The van der Waals surface area contributed by atoms with Gasteiger partial charge < -0.3 is 14.7 Å². The van der Waals surface area contributed by atoms with Crippen LogP contribution in [0.2, 0.25) is 0 Å². The number of carbonyl (C=O) groups is 2. The Balaban J connectivity index is 1.43. The molecule has 1 aromatic rings. The minimum Gasteiger partial charge on any atom is -0.356 e. The van der Waals surface area contributed by atoms with Gasteiger partial charge in [-0.15, -0.1) is 0 Å². The Kier molecular flexibility index (Phi) is 5.09. The molecule has 0 aliphatic carbocycles. The molecule has 9 nitrogen and oxygen atoms in total. The Morgan fingerprint density at radius 1 is 0.929 bits per heavy atom. The average molecular weight is 387 g/mol. The topological polar surface area (TPSA) is 76.1 Å². The normalized spacial score (nSPS) is 24.5. The summed E-state index contributed by atoms with van der Waals surface area (Å²) in [6, 6.07) is 1.83. The lowest BCUT2D eigenvalue weighted by Gasteiger charge is -2.45. The number of imide groups is 1. The quantitative estimate of drug-likeness (QED) is 0.757. The predicted molar refractivity (Wildman–Crippen MR) is 106 cm³/mol. The van der Waals surface area contributed by atoms with E-state index < -0.39 is 0 Å². The number of urea groups is 1. The molecule has 0 aromatic carbocycles. The molecule has 152 valence electrons. The van der Waals surface area contributed by atoms with Crippen LogP contribution in [0.1, 0.15) is 25.0 Å². The number of hydrogen-bond donors (Lipinski definition) is 0. The van der Waals surface area contributed by atoms with Crippen LogP contribution in [0.15, 0.2) is 6.07 Å². The van der Waals surface area contributed by atoms with Crippen molar-refractivity contribution in [3.8, 4) is 0 Å². The fourth-order valence-corrected chi connectivity index (χ4v) is 4.28. The molecular formula is C19H29N7O2. The van der Waals surface area contributed by atoms with Crippen molar-refractivity contribution in [3.05, 3.63) is 11.8 Å². The van der Waals surface area contributed by atoms with Gasteiger partial charge in [0.25, 0.3) is 0 Å². The second kappa shape index (κ2) is 7.54. The molecule has 4 heterocycles. The molecule has 1 aromatic heterocycles. The molecule has 0 spiro atoms. The lowest BCUT2D eigenvalue weighted by atomic mass is 10.1. The molecular weight excluding hydrogens is 358 g/mol. The molecule has 3 aliphatic rings. The lowest BCUT2D eigenvalue weighted by molar-refractivity contribution is -0.134. The molecule has 0 bridgehead atoms. The van der Waals surface area contributed by atoms with Gasteiger partial charge in [0.1, 0.15) is 5.82 Å². The number of rotatable bonds is 3. The number of nitrogens with zero attached hydrogens (tertiary/aromatic N) is 7. The fourth-order valence-electron chi connectivity index (χ4n) is 4.28. The minimum atomic E-state index is -0.235. The summed E-state index contributed by atoms with van der Waals surface area (Å²) in [5, 5.41) is 0. The average Bonchev–Trinajstić information content (AvgIpc) is 3.24. The summed E-state index contributed by atoms with van der Waals surface area (Å²) in [5.41, 5.74) is 0.987. The van der Waals surface area contributed by atoms with Gasteiger partial charge >= 0.3 is 6.03 Å². The van der Waals surface area contributed by atoms with E-state index in [0.29, 0.717) is 6.42 Å². The zero-order valence-corrected chi connectivity index (χ0v) is 17.0. The van der Waals surface area contributed by atoms with Gasteiger partial charge in [0.15, 0.2) is 0 Å². The van der Waals surface area contributed by atoms with E-state index in [0.717, 1.165) is 56.7 Å². The SMILES string of the molecule is Cc1cc(N2CCCC2)nc(N2CCN(C3CC(=O)N(C)C(=O)N3C)CC2)n1. The van der Waals surface area contributed by atoms with Crippen molar-refractivity contribution in [2.24, 2.45) is 0 Å². The maximum atomic E-state index is 12.2. The predicted octanol–water partition coefficient (Wildman–Crippen LogP) is 0.747. The number of aromatic nitrogens is 2. The monoisotopic (exact) mass is 387 g/mol. The second-order valence-corrected chi connectivity index (χ2v) is 7.92. The first-order valence-electron chi connectivity index (χ1n) is 10.1. The highest BCUT2D eigenvalue weighted by Gasteiger charge is 2.38. The van der Waals surface area contributed by atoms with Gasteiger partial charge in [0, 0.05) is 65.1 Å². The van der Waals surface area contributed by atoms with Crippen LogP contribution < -0.4 is 9.80 Å². The highest BCUT2D eigenvalue weighted by molar-refractivity contribution is 5.96. The zero-order valence-electron chi connectivity index (χ0n) is 17.0. The first kappa shape index (κ1) is 18.9. The van der Waals surface area contributed by atoms with Crippen LogP contribution in [0.5, 0.6) is 0 Å². The van der Waals surface area contributed by atoms with Crippen molar-refractivity contribution < 1.29 is 9.59 Å². The summed E-state index contributed by atoms with van der Waals surface area (Å²) in [6.07, 6.45) is 2.62. The fraction of sp³-hybridized carbons (Fsp3) is 0.684. The van der Waals surface area contributed by atoms with Crippen molar-refractivity contribution >= 4 is 23.7 Å². The first-order chi connectivity index (χ1) is 13.4. The van der Waals surface area contributed by atoms with E-state index in [1.807, 2.05) is 6.92 Å². The first-order valence-corrected chi connectivity index (χ1v) is 10.1. The Morgan fingerprint density at radius 3 is 2.29 bits per heavy atom. The Labute approximate surface area is 165 Å². The summed E-state index contributed by atoms with van der Waals surface area (Å²) in [7, 11) is 3.32. The molecule has 0 radical (unpaired) electrons. The van der Waals surface area contributed by atoms with E-state index in [-0.39, 0.29) is 18.1 Å². The van der Waals surface area contributed by atoms with Gasteiger partial charge in [-0.2, -0.15) is 4.98 Å². The zero-order chi connectivity index (χ0) is 19.8. The highest BCUT2D eigenvalue weighted by atomic mass is 16.2. The van der Waals surface area contributed by atoms with Crippen LogP contribution in [-0.4, -0.2) is 96.1 Å². The molecule has 4 rings (SSSR count). The number of amides is 3. The molecule has 0 N–H and O–H groups in total. The van der Waals surface area contributed by atoms with Crippen molar-refractivity contribution in [1.29, 1.82) is 0 Å². The molecule has 3 fully saturated rings. The third kappa shape index (κ3) is 3.50. The van der Waals surface area contributed by atoms with Crippen LogP contribution in [0.4, 0.5) is 16.6 Å². The maximum Gasteiger partial charge on any atom is 0.327 e. The van der Waals surface area contributed by atoms with Gasteiger partial charge in [-0.3, -0.25) is 14.6 Å². The number of piperazine rings is 1. The third-order valence-electron chi connectivity index (χ3n) is 6.04. The van der Waals surface area contributed by atoms with E-state index in [9.17, 15) is 9.59 Å². The van der Waals surface area contributed by atoms with Crippen LogP contribution in [-0.2, 0) is 4.79 Å². The van der Waals surface area contributed by atoms with E-state index >= 15 is 0 Å². The molecule has 9 heteroatoms. The van der Waals surface area contributed by atoms with E-state index in [1.54, 1.807) is 19.0 Å². The summed E-state index contributed by atoms with van der Waals surface area (Å²) >= 11 is 0. The smallest absolute Gasteiger partial charge is 0.327 e. The Morgan fingerprint density at radius 2 is 1.61 bits per heavy atom. The maximum absolute atomic E-state index is 12.2. The summed E-state index contributed by atoms with van der Waals surface area (Å²) in [4.78, 5) is 43.5. The van der Waals surface area contributed by atoms with Crippen molar-refractivity contribution in [2.45, 2.75) is 32.4 Å². The number of aryl methyl sites for hydroxylation is 1. The summed E-state index contributed by atoms with van der Waals surface area (Å²) in [6.45, 7) is 7.26. The Hall–Kier alpha value is -2.42. The van der Waals surface area contributed by atoms with Gasteiger partial charge in [0.2, 0.25) is 11.9 Å². The molecule has 1 atom stereocenters. The van der Waals surface area contributed by atoms with Crippen molar-refractivity contribution in [1.82, 2.24) is 24.7 Å². The summed E-state index contributed by atoms with van der Waals surface area (Å²) < 4.78 is 0. The van der Waals surface area contributed by atoms with Gasteiger partial charge in [-0.25, -0.2) is 9.78 Å².